The quantitative estimate of drug-likeness (QED) is 0.892. The van der Waals surface area contributed by atoms with E-state index in [1.54, 1.807) is 31.4 Å². The highest BCUT2D eigenvalue weighted by atomic mass is 16.6. The Kier molecular flexibility index (Phi) is 3.33. The predicted molar refractivity (Wildman–Crippen MR) is 65.9 cm³/mol. The molecule has 1 unspecified atom stereocenters. The van der Waals surface area contributed by atoms with E-state index in [0.29, 0.717) is 5.75 Å². The maximum Gasteiger partial charge on any atom is 0.411 e. The molecule has 1 saturated heterocycles. The highest BCUT2D eigenvalue weighted by Crippen LogP contribution is 2.27. The number of benzene rings is 1. The molecule has 6 heteroatoms. The van der Waals surface area contributed by atoms with Crippen molar-refractivity contribution in [3.8, 4) is 5.75 Å². The molecule has 102 valence electrons. The van der Waals surface area contributed by atoms with Crippen LogP contribution in [0.2, 0.25) is 0 Å². The number of carbonyl (C=O) groups is 2. The van der Waals surface area contributed by atoms with Gasteiger partial charge in [0.1, 0.15) is 12.4 Å². The molecule has 1 fully saturated rings. The summed E-state index contributed by atoms with van der Waals surface area (Å²) in [5.74, 6) is -0.427. The SMILES string of the molecule is COc1cccc(CN2C(=O)OCC2(C)C(=O)O)c1. The van der Waals surface area contributed by atoms with Crippen molar-refractivity contribution in [1.29, 1.82) is 0 Å². The molecular weight excluding hydrogens is 250 g/mol. The second kappa shape index (κ2) is 4.79. The minimum Gasteiger partial charge on any atom is -0.497 e. The Morgan fingerprint density at radius 1 is 1.58 bits per heavy atom. The molecule has 1 atom stereocenters. The molecule has 0 spiro atoms. The summed E-state index contributed by atoms with van der Waals surface area (Å²) in [6, 6.07) is 7.13. The Morgan fingerprint density at radius 3 is 2.95 bits per heavy atom. The third-order valence-corrected chi connectivity index (χ3v) is 3.23. The van der Waals surface area contributed by atoms with Gasteiger partial charge < -0.3 is 14.6 Å². The maximum absolute atomic E-state index is 11.7. The highest BCUT2D eigenvalue weighted by molar-refractivity contribution is 5.86. The molecule has 1 N–H and O–H groups in total. The standard InChI is InChI=1S/C13H15NO5/c1-13(11(15)16)8-19-12(17)14(13)7-9-4-3-5-10(6-9)18-2/h3-6H,7-8H2,1-2H3,(H,15,16). The van der Waals surface area contributed by atoms with Gasteiger partial charge in [-0.15, -0.1) is 0 Å². The number of carboxylic acids is 1. The molecule has 0 aliphatic carbocycles. The van der Waals surface area contributed by atoms with Gasteiger partial charge in [-0.2, -0.15) is 0 Å². The van der Waals surface area contributed by atoms with Gasteiger partial charge in [0.2, 0.25) is 0 Å². The highest BCUT2D eigenvalue weighted by Gasteiger charge is 2.49. The largest absolute Gasteiger partial charge is 0.497 e. The topological polar surface area (TPSA) is 76.1 Å². The van der Waals surface area contributed by atoms with E-state index in [1.165, 1.54) is 11.8 Å². The van der Waals surface area contributed by atoms with Crippen molar-refractivity contribution >= 4 is 12.1 Å². The van der Waals surface area contributed by atoms with E-state index in [9.17, 15) is 14.7 Å². The van der Waals surface area contributed by atoms with Crippen LogP contribution in [-0.2, 0) is 16.1 Å². The summed E-state index contributed by atoms with van der Waals surface area (Å²) >= 11 is 0. The molecule has 0 radical (unpaired) electrons. The number of carboxylic acid groups (broad SMARTS) is 1. The first kappa shape index (κ1) is 13.2. The van der Waals surface area contributed by atoms with E-state index in [2.05, 4.69) is 0 Å². The molecule has 1 aliphatic heterocycles. The molecule has 0 bridgehead atoms. The van der Waals surface area contributed by atoms with Gasteiger partial charge in [0.15, 0.2) is 5.54 Å². The number of nitrogens with zero attached hydrogens (tertiary/aromatic N) is 1. The Morgan fingerprint density at radius 2 is 2.32 bits per heavy atom. The van der Waals surface area contributed by atoms with Crippen molar-refractivity contribution in [2.75, 3.05) is 13.7 Å². The Balaban J connectivity index is 2.25. The van der Waals surface area contributed by atoms with Crippen LogP contribution in [0.3, 0.4) is 0 Å². The third kappa shape index (κ3) is 2.33. The van der Waals surface area contributed by atoms with Crippen molar-refractivity contribution in [2.45, 2.75) is 19.0 Å². The monoisotopic (exact) mass is 265 g/mol. The predicted octanol–water partition coefficient (Wildman–Crippen LogP) is 1.49. The van der Waals surface area contributed by atoms with Crippen molar-refractivity contribution in [1.82, 2.24) is 4.90 Å². The van der Waals surface area contributed by atoms with Gasteiger partial charge in [0, 0.05) is 0 Å². The Labute approximate surface area is 110 Å². The van der Waals surface area contributed by atoms with Crippen LogP contribution in [0.1, 0.15) is 12.5 Å². The van der Waals surface area contributed by atoms with Gasteiger partial charge in [-0.1, -0.05) is 12.1 Å². The normalized spacial score (nSPS) is 22.2. The minimum atomic E-state index is -1.33. The lowest BCUT2D eigenvalue weighted by Gasteiger charge is -2.27. The number of amides is 1. The van der Waals surface area contributed by atoms with Crippen LogP contribution in [0.5, 0.6) is 5.75 Å². The van der Waals surface area contributed by atoms with Gasteiger partial charge >= 0.3 is 12.1 Å². The molecule has 6 nitrogen and oxygen atoms in total. The molecule has 2 rings (SSSR count). The number of methoxy groups -OCH3 is 1. The smallest absolute Gasteiger partial charge is 0.411 e. The van der Waals surface area contributed by atoms with Crippen LogP contribution < -0.4 is 4.74 Å². The van der Waals surface area contributed by atoms with Gasteiger partial charge in [-0.05, 0) is 24.6 Å². The zero-order chi connectivity index (χ0) is 14.0. The number of cyclic esters (lactones) is 1. The molecule has 19 heavy (non-hydrogen) atoms. The number of rotatable bonds is 4. The summed E-state index contributed by atoms with van der Waals surface area (Å²) in [6.45, 7) is 1.49. The summed E-state index contributed by atoms with van der Waals surface area (Å²) in [7, 11) is 1.55. The maximum atomic E-state index is 11.7. The average Bonchev–Trinajstić information content (AvgIpc) is 2.69. The molecule has 1 aromatic rings. The second-order valence-electron chi connectivity index (χ2n) is 4.57. The van der Waals surface area contributed by atoms with Gasteiger partial charge in [0.05, 0.1) is 13.7 Å². The fourth-order valence-electron chi connectivity index (χ4n) is 1.93. The van der Waals surface area contributed by atoms with E-state index in [0.717, 1.165) is 5.56 Å². The van der Waals surface area contributed by atoms with Crippen LogP contribution in [-0.4, -0.2) is 41.3 Å². The molecule has 0 aromatic heterocycles. The Hall–Kier alpha value is -2.24. The number of ether oxygens (including phenoxy) is 2. The summed E-state index contributed by atoms with van der Waals surface area (Å²) in [6.07, 6.45) is -0.618. The number of carbonyl (C=O) groups excluding carboxylic acids is 1. The first-order chi connectivity index (χ1) is 8.97. The van der Waals surface area contributed by atoms with Gasteiger partial charge in [0.25, 0.3) is 0 Å². The van der Waals surface area contributed by atoms with E-state index in [-0.39, 0.29) is 13.2 Å². The van der Waals surface area contributed by atoms with Crippen molar-refractivity contribution in [3.63, 3.8) is 0 Å². The molecule has 0 saturated carbocycles. The van der Waals surface area contributed by atoms with Gasteiger partial charge in [-0.25, -0.2) is 9.59 Å². The first-order valence-corrected chi connectivity index (χ1v) is 5.78. The average molecular weight is 265 g/mol. The van der Waals surface area contributed by atoms with E-state index in [1.807, 2.05) is 0 Å². The van der Waals surface area contributed by atoms with Gasteiger partial charge in [-0.3, -0.25) is 4.90 Å². The molecular formula is C13H15NO5. The van der Waals surface area contributed by atoms with Crippen LogP contribution in [0.15, 0.2) is 24.3 Å². The summed E-state index contributed by atoms with van der Waals surface area (Å²) < 4.78 is 9.94. The number of hydrogen-bond acceptors (Lipinski definition) is 4. The van der Waals surface area contributed by atoms with Crippen LogP contribution in [0, 0.1) is 0 Å². The lowest BCUT2D eigenvalue weighted by Crippen LogP contribution is -2.50. The summed E-state index contributed by atoms with van der Waals surface area (Å²) in [5, 5.41) is 9.24. The molecule has 1 heterocycles. The zero-order valence-electron chi connectivity index (χ0n) is 10.8. The lowest BCUT2D eigenvalue weighted by molar-refractivity contribution is -0.147. The molecule has 1 amide bonds. The fraction of sp³-hybridized carbons (Fsp3) is 0.385. The fourth-order valence-corrected chi connectivity index (χ4v) is 1.93. The summed E-state index contributed by atoms with van der Waals surface area (Å²) in [4.78, 5) is 24.2. The van der Waals surface area contributed by atoms with Crippen LogP contribution in [0.4, 0.5) is 4.79 Å². The number of aliphatic carboxylic acids is 1. The van der Waals surface area contributed by atoms with Crippen molar-refractivity contribution in [2.24, 2.45) is 0 Å². The molecule has 1 aliphatic rings. The summed E-state index contributed by atoms with van der Waals surface area (Å²) in [5.41, 5.74) is -0.550. The minimum absolute atomic E-state index is 0.148. The lowest BCUT2D eigenvalue weighted by atomic mass is 10.0. The van der Waals surface area contributed by atoms with E-state index >= 15 is 0 Å². The zero-order valence-corrected chi connectivity index (χ0v) is 10.8. The second-order valence-corrected chi connectivity index (χ2v) is 4.57. The Bertz CT molecular complexity index is 516. The van der Waals surface area contributed by atoms with E-state index < -0.39 is 17.6 Å². The van der Waals surface area contributed by atoms with E-state index in [4.69, 9.17) is 9.47 Å². The third-order valence-electron chi connectivity index (χ3n) is 3.23. The van der Waals surface area contributed by atoms with Crippen LogP contribution in [0.25, 0.3) is 0 Å². The number of hydrogen-bond donors (Lipinski definition) is 1. The molecule has 1 aromatic carbocycles. The van der Waals surface area contributed by atoms with Crippen LogP contribution >= 0.6 is 0 Å². The van der Waals surface area contributed by atoms with Crippen molar-refractivity contribution < 1.29 is 24.2 Å². The first-order valence-electron chi connectivity index (χ1n) is 5.78. The van der Waals surface area contributed by atoms with Crippen molar-refractivity contribution in [3.05, 3.63) is 29.8 Å².